The van der Waals surface area contributed by atoms with Gasteiger partial charge in [0, 0.05) is 39.0 Å². The van der Waals surface area contributed by atoms with Crippen LogP contribution in [-0.2, 0) is 20.0 Å². The van der Waals surface area contributed by atoms with Crippen LogP contribution in [0.3, 0.4) is 0 Å². The van der Waals surface area contributed by atoms with Crippen LogP contribution in [0.1, 0.15) is 55.4 Å². The summed E-state index contributed by atoms with van der Waals surface area (Å²) in [5.41, 5.74) is 2.08. The largest absolute Gasteiger partial charge is 0.348 e. The van der Waals surface area contributed by atoms with Crippen LogP contribution in [0.25, 0.3) is 10.3 Å². The van der Waals surface area contributed by atoms with Crippen molar-refractivity contribution in [1.82, 2.24) is 29.5 Å². The Morgan fingerprint density at radius 2 is 1.88 bits per heavy atom. The summed E-state index contributed by atoms with van der Waals surface area (Å²) in [5.74, 6) is 2.96. The third-order valence-electron chi connectivity index (χ3n) is 5.80. The van der Waals surface area contributed by atoms with Crippen LogP contribution in [0.15, 0.2) is 0 Å². The lowest BCUT2D eigenvalue weighted by Crippen LogP contribution is -2.33. The maximum Gasteiger partial charge on any atom is 0.188 e. The van der Waals surface area contributed by atoms with E-state index >= 15 is 0 Å². The molecule has 0 N–H and O–H groups in total. The Morgan fingerprint density at radius 1 is 1.04 bits per heavy atom. The molecule has 0 aliphatic carbocycles. The van der Waals surface area contributed by atoms with Crippen LogP contribution in [0.2, 0.25) is 0 Å². The molecular formula is C18H25N7S. The molecule has 0 aromatic carbocycles. The maximum atomic E-state index is 4.84. The van der Waals surface area contributed by atoms with Crippen LogP contribution >= 0.6 is 11.3 Å². The summed E-state index contributed by atoms with van der Waals surface area (Å²) in [4.78, 5) is 7.27. The number of thiazole rings is 1. The summed E-state index contributed by atoms with van der Waals surface area (Å²) in [6.45, 7) is 5.24. The highest BCUT2D eigenvalue weighted by Crippen LogP contribution is 2.35. The molecule has 3 aromatic rings. The first-order valence-corrected chi connectivity index (χ1v) is 10.5. The molecule has 0 radical (unpaired) electrons. The molecule has 0 bridgehead atoms. The van der Waals surface area contributed by atoms with E-state index in [4.69, 9.17) is 4.98 Å². The van der Waals surface area contributed by atoms with Crippen molar-refractivity contribution in [2.45, 2.75) is 57.9 Å². The van der Waals surface area contributed by atoms with Gasteiger partial charge in [-0.1, -0.05) is 17.8 Å². The van der Waals surface area contributed by atoms with Gasteiger partial charge in [-0.25, -0.2) is 9.67 Å². The van der Waals surface area contributed by atoms with Gasteiger partial charge in [0.2, 0.25) is 0 Å². The predicted octanol–water partition coefficient (Wildman–Crippen LogP) is 3.04. The molecule has 2 aliphatic rings. The van der Waals surface area contributed by atoms with E-state index in [2.05, 4.69) is 31.7 Å². The molecule has 26 heavy (non-hydrogen) atoms. The Bertz CT molecular complexity index is 895. The molecule has 1 fully saturated rings. The van der Waals surface area contributed by atoms with Crippen molar-refractivity contribution in [1.29, 1.82) is 0 Å². The third kappa shape index (κ3) is 2.62. The maximum absolute atomic E-state index is 4.84. The lowest BCUT2D eigenvalue weighted by atomic mass is 9.96. The lowest BCUT2D eigenvalue weighted by Gasteiger charge is -2.31. The standard InChI is InChI=1S/C18H25N7S/c1-12-15-17(23(2)22-12)19-18(26-15)24-10-7-13(8-11-24)16-21-20-14-6-4-3-5-9-25(14)16/h13H,3-11H2,1-2H3. The molecule has 138 valence electrons. The summed E-state index contributed by atoms with van der Waals surface area (Å²) in [6.07, 6.45) is 7.17. The van der Waals surface area contributed by atoms with Gasteiger partial charge in [0.15, 0.2) is 10.8 Å². The zero-order chi connectivity index (χ0) is 17.7. The van der Waals surface area contributed by atoms with Crippen molar-refractivity contribution in [2.75, 3.05) is 18.0 Å². The summed E-state index contributed by atoms with van der Waals surface area (Å²) < 4.78 is 5.52. The average Bonchev–Trinajstić information content (AvgIpc) is 3.28. The van der Waals surface area contributed by atoms with Gasteiger partial charge in [0.05, 0.1) is 10.4 Å². The summed E-state index contributed by atoms with van der Waals surface area (Å²) in [7, 11) is 1.97. The van der Waals surface area contributed by atoms with Gasteiger partial charge in [-0.15, -0.1) is 10.2 Å². The fraction of sp³-hybridized carbons (Fsp3) is 0.667. The molecule has 3 aromatic heterocycles. The predicted molar refractivity (Wildman–Crippen MR) is 103 cm³/mol. The minimum atomic E-state index is 0.531. The van der Waals surface area contributed by atoms with Gasteiger partial charge in [-0.05, 0) is 32.6 Å². The smallest absolute Gasteiger partial charge is 0.188 e. The molecule has 7 nitrogen and oxygen atoms in total. The highest BCUT2D eigenvalue weighted by Gasteiger charge is 2.28. The molecule has 0 atom stereocenters. The molecule has 1 saturated heterocycles. The summed E-state index contributed by atoms with van der Waals surface area (Å²) in [5, 5.41) is 14.7. The van der Waals surface area contributed by atoms with E-state index in [1.54, 1.807) is 11.3 Å². The molecule has 5 rings (SSSR count). The number of anilines is 1. The third-order valence-corrected chi connectivity index (χ3v) is 7.02. The van der Waals surface area contributed by atoms with E-state index in [0.29, 0.717) is 5.92 Å². The number of aryl methyl sites for hydroxylation is 3. The number of piperidine rings is 1. The second-order valence-electron chi connectivity index (χ2n) is 7.56. The first-order valence-electron chi connectivity index (χ1n) is 9.68. The highest BCUT2D eigenvalue weighted by molar-refractivity contribution is 7.22. The second kappa shape index (κ2) is 6.33. The van der Waals surface area contributed by atoms with Crippen LogP contribution in [0, 0.1) is 6.92 Å². The quantitative estimate of drug-likeness (QED) is 0.693. The lowest BCUT2D eigenvalue weighted by molar-refractivity contribution is 0.459. The van der Waals surface area contributed by atoms with E-state index in [9.17, 15) is 0 Å². The SMILES string of the molecule is Cc1nn(C)c2nc(N3CCC(c4nnc5n4CCCCC5)CC3)sc12. The first-order chi connectivity index (χ1) is 12.7. The molecule has 8 heteroatoms. The Kier molecular flexibility index (Phi) is 3.95. The van der Waals surface area contributed by atoms with E-state index < -0.39 is 0 Å². The van der Waals surface area contributed by atoms with Crippen molar-refractivity contribution in [3.05, 3.63) is 17.3 Å². The number of hydrogen-bond acceptors (Lipinski definition) is 6. The molecule has 0 saturated carbocycles. The summed E-state index contributed by atoms with van der Waals surface area (Å²) >= 11 is 1.77. The van der Waals surface area contributed by atoms with Gasteiger partial charge in [0.25, 0.3) is 0 Å². The Balaban J connectivity index is 1.33. The number of fused-ring (bicyclic) bond motifs is 2. The normalized spacial score (nSPS) is 19.1. The minimum absolute atomic E-state index is 0.531. The fourth-order valence-corrected chi connectivity index (χ4v) is 5.43. The fourth-order valence-electron chi connectivity index (χ4n) is 4.35. The van der Waals surface area contributed by atoms with Crippen LogP contribution < -0.4 is 4.90 Å². The number of hydrogen-bond donors (Lipinski definition) is 0. The van der Waals surface area contributed by atoms with E-state index in [-0.39, 0.29) is 0 Å². The number of aromatic nitrogens is 6. The van der Waals surface area contributed by atoms with Crippen molar-refractivity contribution >= 4 is 26.8 Å². The zero-order valence-electron chi connectivity index (χ0n) is 15.5. The number of nitrogens with zero attached hydrogens (tertiary/aromatic N) is 7. The molecule has 0 spiro atoms. The molecule has 0 unspecified atom stereocenters. The Labute approximate surface area is 157 Å². The Hall–Kier alpha value is -1.96. The Morgan fingerprint density at radius 3 is 2.69 bits per heavy atom. The minimum Gasteiger partial charge on any atom is -0.348 e. The number of rotatable bonds is 2. The van der Waals surface area contributed by atoms with Gasteiger partial charge in [-0.2, -0.15) is 5.10 Å². The molecule has 5 heterocycles. The monoisotopic (exact) mass is 371 g/mol. The van der Waals surface area contributed by atoms with Gasteiger partial charge >= 0.3 is 0 Å². The van der Waals surface area contributed by atoms with E-state index in [0.717, 1.165) is 55.4 Å². The molecular weight excluding hydrogens is 346 g/mol. The van der Waals surface area contributed by atoms with Gasteiger partial charge in [0.1, 0.15) is 11.6 Å². The van der Waals surface area contributed by atoms with E-state index in [1.165, 1.54) is 35.6 Å². The first kappa shape index (κ1) is 16.2. The van der Waals surface area contributed by atoms with Crippen LogP contribution in [-0.4, -0.2) is 42.6 Å². The van der Waals surface area contributed by atoms with Crippen molar-refractivity contribution in [3.63, 3.8) is 0 Å². The summed E-state index contributed by atoms with van der Waals surface area (Å²) in [6, 6.07) is 0. The van der Waals surface area contributed by atoms with Crippen molar-refractivity contribution in [3.8, 4) is 0 Å². The van der Waals surface area contributed by atoms with Crippen molar-refractivity contribution < 1.29 is 0 Å². The topological polar surface area (TPSA) is 64.7 Å². The van der Waals surface area contributed by atoms with Crippen LogP contribution in [0.4, 0.5) is 5.13 Å². The van der Waals surface area contributed by atoms with Crippen molar-refractivity contribution in [2.24, 2.45) is 7.05 Å². The van der Waals surface area contributed by atoms with E-state index in [1.807, 2.05) is 11.7 Å². The van der Waals surface area contributed by atoms with Gasteiger partial charge < -0.3 is 9.47 Å². The molecule has 2 aliphatic heterocycles. The highest BCUT2D eigenvalue weighted by atomic mass is 32.1. The molecule has 0 amide bonds. The average molecular weight is 372 g/mol. The zero-order valence-corrected chi connectivity index (χ0v) is 16.3. The van der Waals surface area contributed by atoms with Gasteiger partial charge in [-0.3, -0.25) is 0 Å². The van der Waals surface area contributed by atoms with Crippen LogP contribution in [0.5, 0.6) is 0 Å². The second-order valence-corrected chi connectivity index (χ2v) is 8.53.